The summed E-state index contributed by atoms with van der Waals surface area (Å²) < 4.78 is 7.90. The molecule has 0 radical (unpaired) electrons. The molecule has 1 aromatic carbocycles. The third-order valence-electron chi connectivity index (χ3n) is 5.13. The van der Waals surface area contributed by atoms with Gasteiger partial charge in [-0.2, -0.15) is 5.26 Å². The van der Waals surface area contributed by atoms with Crippen molar-refractivity contribution < 1.29 is 9.53 Å². The average Bonchev–Trinajstić information content (AvgIpc) is 3.16. The molecule has 1 saturated heterocycles. The van der Waals surface area contributed by atoms with Crippen LogP contribution < -0.4 is 0 Å². The molecule has 122 valence electrons. The number of carbonyl (C=O) groups is 1. The fourth-order valence-electron chi connectivity index (χ4n) is 3.93. The van der Waals surface area contributed by atoms with Gasteiger partial charge in [-0.15, -0.1) is 0 Å². The largest absolute Gasteiger partial charge is 0.367 e. The molecule has 1 atom stereocenters. The van der Waals surface area contributed by atoms with Crippen LogP contribution in [-0.4, -0.2) is 35.1 Å². The highest BCUT2D eigenvalue weighted by Crippen LogP contribution is 2.42. The molecular weight excluding hydrogens is 302 g/mol. The molecule has 5 heteroatoms. The van der Waals surface area contributed by atoms with Gasteiger partial charge in [0.15, 0.2) is 0 Å². The van der Waals surface area contributed by atoms with E-state index in [1.165, 1.54) is 11.1 Å². The maximum atomic E-state index is 12.9. The van der Waals surface area contributed by atoms with Gasteiger partial charge in [0.2, 0.25) is 0 Å². The van der Waals surface area contributed by atoms with E-state index < -0.39 is 0 Å². The van der Waals surface area contributed by atoms with Gasteiger partial charge in [0.25, 0.3) is 5.91 Å². The number of hydrogen-bond donors (Lipinski definition) is 0. The molecule has 0 bridgehead atoms. The van der Waals surface area contributed by atoms with Crippen molar-refractivity contribution in [1.29, 1.82) is 5.26 Å². The van der Waals surface area contributed by atoms with Gasteiger partial charge in [0.1, 0.15) is 17.4 Å². The summed E-state index contributed by atoms with van der Waals surface area (Å²) in [6.45, 7) is 1.68. The van der Waals surface area contributed by atoms with E-state index in [0.717, 1.165) is 12.8 Å². The summed E-state index contributed by atoms with van der Waals surface area (Å²) in [5, 5.41) is 9.04. The van der Waals surface area contributed by atoms with Gasteiger partial charge in [-0.1, -0.05) is 24.3 Å². The zero-order chi connectivity index (χ0) is 16.7. The second kappa shape index (κ2) is 5.50. The highest BCUT2D eigenvalue weighted by molar-refractivity contribution is 5.93. The smallest absolute Gasteiger partial charge is 0.270 e. The van der Waals surface area contributed by atoms with Crippen LogP contribution in [0, 0.1) is 11.3 Å². The molecule has 24 heavy (non-hydrogen) atoms. The molecule has 1 aliphatic heterocycles. The van der Waals surface area contributed by atoms with Gasteiger partial charge < -0.3 is 14.2 Å². The van der Waals surface area contributed by atoms with Crippen LogP contribution in [0.2, 0.25) is 0 Å². The van der Waals surface area contributed by atoms with Crippen molar-refractivity contribution >= 4 is 5.91 Å². The number of nitrogens with zero attached hydrogens (tertiary/aromatic N) is 3. The van der Waals surface area contributed by atoms with E-state index in [1.807, 2.05) is 11.0 Å². The van der Waals surface area contributed by atoms with E-state index in [9.17, 15) is 4.79 Å². The number of ether oxygens (including phenoxy) is 1. The fraction of sp³-hybridized carbons (Fsp3) is 0.368. The quantitative estimate of drug-likeness (QED) is 0.809. The van der Waals surface area contributed by atoms with Gasteiger partial charge in [-0.3, -0.25) is 4.79 Å². The van der Waals surface area contributed by atoms with Crippen molar-refractivity contribution in [2.24, 2.45) is 7.05 Å². The lowest BCUT2D eigenvalue weighted by molar-refractivity contribution is -0.104. The van der Waals surface area contributed by atoms with E-state index in [2.05, 4.69) is 24.3 Å². The summed E-state index contributed by atoms with van der Waals surface area (Å²) in [7, 11) is 1.80. The van der Waals surface area contributed by atoms with Crippen molar-refractivity contribution in [2.75, 3.05) is 19.7 Å². The minimum Gasteiger partial charge on any atom is -0.367 e. The number of carbonyl (C=O) groups excluding carboxylic acids is 1. The van der Waals surface area contributed by atoms with Crippen LogP contribution in [0.5, 0.6) is 0 Å². The highest BCUT2D eigenvalue weighted by atomic mass is 16.5. The molecule has 1 unspecified atom stereocenters. The summed E-state index contributed by atoms with van der Waals surface area (Å²) in [6, 6.07) is 12.1. The lowest BCUT2D eigenvalue weighted by Crippen LogP contribution is -2.51. The molecular formula is C19H19N3O2. The van der Waals surface area contributed by atoms with Crippen LogP contribution in [0.3, 0.4) is 0 Å². The van der Waals surface area contributed by atoms with Gasteiger partial charge in [-0.05, 0) is 30.0 Å². The first-order valence-corrected chi connectivity index (χ1v) is 8.21. The Bertz CT molecular complexity index is 845. The molecule has 1 spiro atoms. The maximum Gasteiger partial charge on any atom is 0.270 e. The van der Waals surface area contributed by atoms with Crippen LogP contribution in [0.15, 0.2) is 36.5 Å². The van der Waals surface area contributed by atoms with Crippen molar-refractivity contribution in [3.05, 3.63) is 58.9 Å². The molecule has 4 rings (SSSR count). The Morgan fingerprint density at radius 3 is 3.00 bits per heavy atom. The predicted molar refractivity (Wildman–Crippen MR) is 88.4 cm³/mol. The minimum atomic E-state index is -0.381. The summed E-state index contributed by atoms with van der Waals surface area (Å²) >= 11 is 0. The molecule has 1 fully saturated rings. The minimum absolute atomic E-state index is 0.0361. The van der Waals surface area contributed by atoms with Gasteiger partial charge in [0, 0.05) is 19.8 Å². The lowest BCUT2D eigenvalue weighted by atomic mass is 9.93. The Hall–Kier alpha value is -2.58. The molecule has 1 aliphatic carbocycles. The van der Waals surface area contributed by atoms with E-state index in [4.69, 9.17) is 10.00 Å². The Morgan fingerprint density at radius 2 is 2.21 bits per heavy atom. The highest BCUT2D eigenvalue weighted by Gasteiger charge is 2.44. The van der Waals surface area contributed by atoms with E-state index in [1.54, 1.807) is 23.9 Å². The molecule has 1 aromatic heterocycles. The number of aromatic nitrogens is 1. The monoisotopic (exact) mass is 321 g/mol. The normalized spacial score (nSPS) is 22.4. The molecule has 5 nitrogen and oxygen atoms in total. The number of amides is 1. The van der Waals surface area contributed by atoms with E-state index in [0.29, 0.717) is 31.0 Å². The number of aryl methyl sites for hydroxylation is 2. The number of morpholine rings is 1. The third-order valence-corrected chi connectivity index (χ3v) is 5.13. The van der Waals surface area contributed by atoms with Crippen LogP contribution in [0.25, 0.3) is 0 Å². The van der Waals surface area contributed by atoms with Crippen molar-refractivity contribution in [3.8, 4) is 6.07 Å². The molecule has 0 N–H and O–H groups in total. The second-order valence-electron chi connectivity index (χ2n) is 6.56. The average molecular weight is 321 g/mol. The molecule has 2 heterocycles. The van der Waals surface area contributed by atoms with E-state index in [-0.39, 0.29) is 11.5 Å². The molecule has 2 aromatic rings. The van der Waals surface area contributed by atoms with Gasteiger partial charge >= 0.3 is 0 Å². The first-order valence-electron chi connectivity index (χ1n) is 8.21. The molecule has 0 saturated carbocycles. The lowest BCUT2D eigenvalue weighted by Gasteiger charge is -2.41. The first kappa shape index (κ1) is 15.0. The summed E-state index contributed by atoms with van der Waals surface area (Å²) in [5.74, 6) is -0.0361. The Balaban J connectivity index is 1.63. The van der Waals surface area contributed by atoms with Crippen LogP contribution in [0.4, 0.5) is 0 Å². The standard InChI is InChI=1S/C19H19N3O2/c1-21-12-14(11-20)10-17(21)18(23)22-8-9-24-19(13-22)7-6-15-4-2-3-5-16(15)19/h2-5,10,12H,6-9,13H2,1H3. The topological polar surface area (TPSA) is 58.3 Å². The Morgan fingerprint density at radius 1 is 1.38 bits per heavy atom. The van der Waals surface area contributed by atoms with E-state index >= 15 is 0 Å². The SMILES string of the molecule is Cn1cc(C#N)cc1C(=O)N1CCOC2(CCc3ccccc32)C1. The number of fused-ring (bicyclic) bond motifs is 2. The Kier molecular flexibility index (Phi) is 3.43. The fourth-order valence-corrected chi connectivity index (χ4v) is 3.93. The third kappa shape index (κ3) is 2.22. The van der Waals surface area contributed by atoms with Crippen LogP contribution in [-0.2, 0) is 23.8 Å². The van der Waals surface area contributed by atoms with Gasteiger partial charge in [0.05, 0.1) is 18.7 Å². The zero-order valence-corrected chi connectivity index (χ0v) is 13.7. The molecule has 1 amide bonds. The summed E-state index contributed by atoms with van der Waals surface area (Å²) in [4.78, 5) is 14.8. The number of nitriles is 1. The number of benzene rings is 1. The summed E-state index contributed by atoms with van der Waals surface area (Å²) in [6.07, 6.45) is 3.59. The maximum absolute atomic E-state index is 12.9. The van der Waals surface area contributed by atoms with Crippen molar-refractivity contribution in [3.63, 3.8) is 0 Å². The zero-order valence-electron chi connectivity index (χ0n) is 13.7. The van der Waals surface area contributed by atoms with Crippen molar-refractivity contribution in [1.82, 2.24) is 9.47 Å². The van der Waals surface area contributed by atoms with Crippen LogP contribution >= 0.6 is 0 Å². The first-order chi connectivity index (χ1) is 11.6. The molecule has 2 aliphatic rings. The number of rotatable bonds is 1. The summed E-state index contributed by atoms with van der Waals surface area (Å²) in [5.41, 5.74) is 3.21. The number of hydrogen-bond acceptors (Lipinski definition) is 3. The van der Waals surface area contributed by atoms with Crippen LogP contribution in [0.1, 0.15) is 33.6 Å². The van der Waals surface area contributed by atoms with Gasteiger partial charge in [-0.25, -0.2) is 0 Å². The predicted octanol–water partition coefficient (Wildman–Crippen LogP) is 2.21. The second-order valence-corrected chi connectivity index (χ2v) is 6.56. The Labute approximate surface area is 141 Å². The van der Waals surface area contributed by atoms with Crippen molar-refractivity contribution in [2.45, 2.75) is 18.4 Å².